The standard InChI is InChI=1S/C34H42N6O4/c1-39(2)15-5-17-43-27-11-13-31(29(35)21-27)37-33(41)25-9-7-24-20-26(10-8-23(24)19-25)34(42)38-32-14-12-28(22-30(32)36)44-18-6-16-40(3)4/h7-14,19-22H,5-6,15-18,35-36H2,1-4H3,(H,37,41)(H,38,42). The summed E-state index contributed by atoms with van der Waals surface area (Å²) in [4.78, 5) is 30.2. The Balaban J connectivity index is 1.35. The van der Waals surface area contributed by atoms with Gasteiger partial charge in [0.15, 0.2) is 0 Å². The van der Waals surface area contributed by atoms with Crippen LogP contribution in [0, 0.1) is 0 Å². The normalized spacial score (nSPS) is 11.1. The number of carbonyl (C=O) groups is 2. The van der Waals surface area contributed by atoms with Crippen LogP contribution in [0.3, 0.4) is 0 Å². The molecule has 44 heavy (non-hydrogen) atoms. The molecule has 0 heterocycles. The number of nitrogens with one attached hydrogen (secondary N) is 2. The third kappa shape index (κ3) is 9.10. The molecule has 0 bridgehead atoms. The van der Waals surface area contributed by atoms with Gasteiger partial charge in [-0.1, -0.05) is 12.1 Å². The smallest absolute Gasteiger partial charge is 0.255 e. The van der Waals surface area contributed by atoms with E-state index in [0.29, 0.717) is 58.6 Å². The highest BCUT2D eigenvalue weighted by Crippen LogP contribution is 2.27. The maximum atomic E-state index is 13.0. The minimum absolute atomic E-state index is 0.291. The topological polar surface area (TPSA) is 135 Å². The van der Waals surface area contributed by atoms with Gasteiger partial charge in [-0.2, -0.15) is 0 Å². The summed E-state index contributed by atoms with van der Waals surface area (Å²) >= 11 is 0. The summed E-state index contributed by atoms with van der Waals surface area (Å²) in [5.74, 6) is 0.732. The minimum Gasteiger partial charge on any atom is -0.493 e. The number of hydrogen-bond acceptors (Lipinski definition) is 8. The molecule has 4 rings (SSSR count). The van der Waals surface area contributed by atoms with E-state index in [9.17, 15) is 9.59 Å². The molecule has 0 aliphatic carbocycles. The molecule has 6 N–H and O–H groups in total. The zero-order chi connectivity index (χ0) is 31.6. The average Bonchev–Trinajstić information content (AvgIpc) is 2.99. The van der Waals surface area contributed by atoms with Crippen molar-refractivity contribution >= 4 is 45.3 Å². The first-order valence-corrected chi connectivity index (χ1v) is 14.6. The zero-order valence-electron chi connectivity index (χ0n) is 25.9. The monoisotopic (exact) mass is 598 g/mol. The first-order chi connectivity index (χ1) is 21.1. The summed E-state index contributed by atoms with van der Waals surface area (Å²) in [7, 11) is 8.08. The molecule has 0 radical (unpaired) electrons. The summed E-state index contributed by atoms with van der Waals surface area (Å²) in [6, 6.07) is 21.1. The molecule has 0 atom stereocenters. The fourth-order valence-electron chi connectivity index (χ4n) is 4.55. The summed E-state index contributed by atoms with van der Waals surface area (Å²) in [6.07, 6.45) is 1.80. The van der Waals surface area contributed by atoms with E-state index in [-0.39, 0.29) is 11.8 Å². The van der Waals surface area contributed by atoms with E-state index in [1.807, 2.05) is 40.3 Å². The van der Waals surface area contributed by atoms with Crippen molar-refractivity contribution in [2.75, 3.05) is 76.6 Å². The largest absolute Gasteiger partial charge is 0.493 e. The molecule has 0 aliphatic heterocycles. The van der Waals surface area contributed by atoms with Gasteiger partial charge in [-0.25, -0.2) is 0 Å². The summed E-state index contributed by atoms with van der Waals surface area (Å²) < 4.78 is 11.5. The second kappa shape index (κ2) is 15.1. The number of nitrogen functional groups attached to an aromatic ring is 2. The summed E-state index contributed by atoms with van der Waals surface area (Å²) in [5, 5.41) is 7.38. The van der Waals surface area contributed by atoms with E-state index in [2.05, 4.69) is 20.4 Å². The van der Waals surface area contributed by atoms with Crippen molar-refractivity contribution in [2.45, 2.75) is 12.8 Å². The van der Waals surface area contributed by atoms with Crippen LogP contribution in [0.5, 0.6) is 11.5 Å². The van der Waals surface area contributed by atoms with Crippen LogP contribution in [0.1, 0.15) is 33.6 Å². The van der Waals surface area contributed by atoms with E-state index in [1.54, 1.807) is 60.7 Å². The molecule has 2 amide bonds. The second-order valence-corrected chi connectivity index (χ2v) is 11.2. The first kappa shape index (κ1) is 32.1. The van der Waals surface area contributed by atoms with Gasteiger partial charge in [0.2, 0.25) is 0 Å². The molecule has 0 fully saturated rings. The van der Waals surface area contributed by atoms with Crippen LogP contribution in [0.15, 0.2) is 72.8 Å². The molecular weight excluding hydrogens is 556 g/mol. The van der Waals surface area contributed by atoms with E-state index >= 15 is 0 Å². The van der Waals surface area contributed by atoms with Gasteiger partial charge in [-0.15, -0.1) is 0 Å². The Bertz CT molecular complexity index is 1490. The van der Waals surface area contributed by atoms with Gasteiger partial charge in [0, 0.05) is 36.3 Å². The van der Waals surface area contributed by atoms with Gasteiger partial charge in [0.1, 0.15) is 11.5 Å². The van der Waals surface area contributed by atoms with Gasteiger partial charge in [-0.3, -0.25) is 9.59 Å². The number of rotatable bonds is 14. The summed E-state index contributed by atoms with van der Waals surface area (Å²) in [5.41, 5.74) is 15.2. The number of nitrogens with two attached hydrogens (primary N) is 2. The lowest BCUT2D eigenvalue weighted by Gasteiger charge is -2.13. The Kier molecular flexibility index (Phi) is 11.0. The van der Waals surface area contributed by atoms with Crippen molar-refractivity contribution in [1.82, 2.24) is 9.80 Å². The van der Waals surface area contributed by atoms with Crippen molar-refractivity contribution in [3.8, 4) is 11.5 Å². The van der Waals surface area contributed by atoms with Gasteiger partial charge in [-0.05, 0) is 100 Å². The van der Waals surface area contributed by atoms with Crippen LogP contribution >= 0.6 is 0 Å². The number of hydrogen-bond donors (Lipinski definition) is 4. The van der Waals surface area contributed by atoms with Crippen LogP contribution in [0.4, 0.5) is 22.7 Å². The predicted octanol–water partition coefficient (Wildman–Crippen LogP) is 5.17. The maximum Gasteiger partial charge on any atom is 0.255 e. The Morgan fingerprint density at radius 1 is 0.614 bits per heavy atom. The van der Waals surface area contributed by atoms with Crippen LogP contribution in [0.2, 0.25) is 0 Å². The van der Waals surface area contributed by atoms with Gasteiger partial charge in [0.25, 0.3) is 11.8 Å². The van der Waals surface area contributed by atoms with E-state index in [0.717, 1.165) is 36.7 Å². The Hall–Kier alpha value is -4.80. The van der Waals surface area contributed by atoms with Gasteiger partial charge >= 0.3 is 0 Å². The van der Waals surface area contributed by atoms with Crippen molar-refractivity contribution in [1.29, 1.82) is 0 Å². The summed E-state index contributed by atoms with van der Waals surface area (Å²) in [6.45, 7) is 3.03. The quantitative estimate of drug-likeness (QED) is 0.115. The highest BCUT2D eigenvalue weighted by Gasteiger charge is 2.13. The lowest BCUT2D eigenvalue weighted by atomic mass is 10.0. The van der Waals surface area contributed by atoms with Crippen molar-refractivity contribution in [2.24, 2.45) is 0 Å². The highest BCUT2D eigenvalue weighted by atomic mass is 16.5. The number of benzene rings is 4. The fraction of sp³-hybridized carbons (Fsp3) is 0.294. The number of ether oxygens (including phenoxy) is 2. The number of anilines is 4. The van der Waals surface area contributed by atoms with Crippen LogP contribution < -0.4 is 31.6 Å². The molecule has 0 saturated carbocycles. The highest BCUT2D eigenvalue weighted by molar-refractivity contribution is 6.10. The van der Waals surface area contributed by atoms with Crippen molar-refractivity contribution in [3.05, 3.63) is 83.9 Å². The Morgan fingerprint density at radius 3 is 1.39 bits per heavy atom. The molecule has 232 valence electrons. The van der Waals surface area contributed by atoms with E-state index < -0.39 is 0 Å². The SMILES string of the molecule is CN(C)CCCOc1ccc(NC(=O)c2ccc3cc(C(=O)Nc4ccc(OCCCN(C)C)cc4N)ccc3c2)c(N)c1. The molecule has 0 aliphatic rings. The molecule has 0 spiro atoms. The lowest BCUT2D eigenvalue weighted by molar-refractivity contribution is 0.101. The third-order valence-electron chi connectivity index (χ3n) is 6.94. The first-order valence-electron chi connectivity index (χ1n) is 14.6. The zero-order valence-corrected chi connectivity index (χ0v) is 25.9. The van der Waals surface area contributed by atoms with Gasteiger partial charge in [0.05, 0.1) is 36.0 Å². The molecule has 10 nitrogen and oxygen atoms in total. The van der Waals surface area contributed by atoms with Crippen molar-refractivity contribution in [3.63, 3.8) is 0 Å². The number of nitrogens with zero attached hydrogens (tertiary/aromatic N) is 2. The van der Waals surface area contributed by atoms with Crippen LogP contribution in [-0.2, 0) is 0 Å². The predicted molar refractivity (Wildman–Crippen MR) is 179 cm³/mol. The van der Waals surface area contributed by atoms with Gasteiger partial charge < -0.3 is 41.4 Å². The Morgan fingerprint density at radius 2 is 1.02 bits per heavy atom. The van der Waals surface area contributed by atoms with E-state index in [1.165, 1.54) is 0 Å². The molecular formula is C34H42N6O4. The fourth-order valence-corrected chi connectivity index (χ4v) is 4.55. The number of fused-ring (bicyclic) bond motifs is 1. The molecule has 0 unspecified atom stereocenters. The van der Waals surface area contributed by atoms with E-state index in [4.69, 9.17) is 20.9 Å². The minimum atomic E-state index is -0.291. The molecule has 0 aromatic heterocycles. The third-order valence-corrected chi connectivity index (χ3v) is 6.94. The average molecular weight is 599 g/mol. The molecule has 4 aromatic carbocycles. The maximum absolute atomic E-state index is 13.0. The molecule has 0 saturated heterocycles. The van der Waals surface area contributed by atoms with Crippen LogP contribution in [0.25, 0.3) is 10.8 Å². The Labute approximate surface area is 258 Å². The van der Waals surface area contributed by atoms with Crippen LogP contribution in [-0.4, -0.2) is 76.1 Å². The molecule has 10 heteroatoms. The molecule has 4 aromatic rings. The second-order valence-electron chi connectivity index (χ2n) is 11.2. The number of carbonyl (C=O) groups excluding carboxylic acids is 2. The van der Waals surface area contributed by atoms with Crippen molar-refractivity contribution < 1.29 is 19.1 Å². The lowest BCUT2D eigenvalue weighted by Crippen LogP contribution is -2.16. The number of amides is 2.